The molecule has 0 bridgehead atoms. The lowest BCUT2D eigenvalue weighted by Crippen LogP contribution is -2.37. The van der Waals surface area contributed by atoms with Crippen LogP contribution in [0.15, 0.2) is 106 Å². The normalized spacial score (nSPS) is 12.8. The van der Waals surface area contributed by atoms with E-state index in [1.54, 1.807) is 0 Å². The van der Waals surface area contributed by atoms with E-state index in [1.165, 1.54) is 14.7 Å². The van der Waals surface area contributed by atoms with Crippen LogP contribution in [-0.2, 0) is 0 Å². The first-order chi connectivity index (χ1) is 11.6. The number of hydrogen-bond acceptors (Lipinski definition) is 1. The standard InChI is InChI=1S/C22H25NS/c1-22(2,18-23)24(19-12-6-3-7-13-19,20-14-8-4-9-15-20)21-16-10-5-11-17-21/h3-17H,18,23H2,1-2H3. The van der Waals surface area contributed by atoms with Gasteiger partial charge < -0.3 is 5.73 Å². The van der Waals surface area contributed by atoms with Gasteiger partial charge in [0.05, 0.1) is 0 Å². The van der Waals surface area contributed by atoms with Crippen molar-refractivity contribution in [1.82, 2.24) is 0 Å². The number of benzene rings is 3. The van der Waals surface area contributed by atoms with Gasteiger partial charge in [-0.2, -0.15) is 10.0 Å². The van der Waals surface area contributed by atoms with Crippen molar-refractivity contribution in [2.75, 3.05) is 6.54 Å². The molecule has 2 N–H and O–H groups in total. The zero-order valence-corrected chi connectivity index (χ0v) is 15.2. The van der Waals surface area contributed by atoms with Crippen LogP contribution < -0.4 is 5.73 Å². The average molecular weight is 336 g/mol. The lowest BCUT2D eigenvalue weighted by molar-refractivity contribution is 0.703. The maximum Gasteiger partial charge on any atom is 0.0186 e. The van der Waals surface area contributed by atoms with Gasteiger partial charge in [-0.05, 0) is 64.9 Å². The molecule has 0 fully saturated rings. The minimum atomic E-state index is -1.49. The lowest BCUT2D eigenvalue weighted by atomic mass is 10.2. The summed E-state index contributed by atoms with van der Waals surface area (Å²) in [5.41, 5.74) is 6.33. The highest BCUT2D eigenvalue weighted by atomic mass is 32.3. The Morgan fingerprint density at radius 2 is 0.917 bits per heavy atom. The van der Waals surface area contributed by atoms with Crippen LogP contribution in [0, 0.1) is 0 Å². The molecule has 3 aromatic carbocycles. The second-order valence-electron chi connectivity index (χ2n) is 6.52. The van der Waals surface area contributed by atoms with Crippen molar-refractivity contribution in [1.29, 1.82) is 0 Å². The summed E-state index contributed by atoms with van der Waals surface area (Å²) < 4.78 is -0.0724. The topological polar surface area (TPSA) is 26.0 Å². The van der Waals surface area contributed by atoms with Gasteiger partial charge in [0.1, 0.15) is 0 Å². The van der Waals surface area contributed by atoms with E-state index in [4.69, 9.17) is 5.73 Å². The number of rotatable bonds is 5. The molecule has 3 aromatic rings. The molecular formula is C22H25NS. The molecule has 0 unspecified atom stereocenters. The second-order valence-corrected chi connectivity index (χ2v) is 10.3. The van der Waals surface area contributed by atoms with E-state index in [9.17, 15) is 0 Å². The van der Waals surface area contributed by atoms with Crippen LogP contribution in [-0.4, -0.2) is 11.3 Å². The molecule has 0 atom stereocenters. The molecule has 0 aromatic heterocycles. The molecule has 24 heavy (non-hydrogen) atoms. The summed E-state index contributed by atoms with van der Waals surface area (Å²) in [6.45, 7) is 5.23. The Bertz CT molecular complexity index is 670. The summed E-state index contributed by atoms with van der Waals surface area (Å²) in [5, 5.41) is 0. The molecule has 3 rings (SSSR count). The maximum atomic E-state index is 6.33. The zero-order chi connectivity index (χ0) is 17.0. The van der Waals surface area contributed by atoms with E-state index in [2.05, 4.69) is 105 Å². The Labute approximate surface area is 146 Å². The number of hydrogen-bond donors (Lipinski definition) is 1. The average Bonchev–Trinajstić information content (AvgIpc) is 2.65. The number of nitrogens with two attached hydrogens (primary N) is 1. The molecule has 0 heterocycles. The molecule has 0 aliphatic rings. The minimum absolute atomic E-state index is 0.0724. The van der Waals surface area contributed by atoms with Crippen molar-refractivity contribution >= 4 is 10.0 Å². The fourth-order valence-corrected chi connectivity index (χ4v) is 8.04. The van der Waals surface area contributed by atoms with Gasteiger partial charge in [0, 0.05) is 11.3 Å². The van der Waals surface area contributed by atoms with Crippen LogP contribution in [0.25, 0.3) is 0 Å². The largest absolute Gasteiger partial charge is 0.329 e. The lowest BCUT2D eigenvalue weighted by Gasteiger charge is -2.53. The molecular weight excluding hydrogens is 310 g/mol. The Balaban J connectivity index is 2.42. The van der Waals surface area contributed by atoms with Gasteiger partial charge in [0.2, 0.25) is 0 Å². The van der Waals surface area contributed by atoms with Gasteiger partial charge in [0.15, 0.2) is 0 Å². The van der Waals surface area contributed by atoms with Gasteiger partial charge in [-0.3, -0.25) is 0 Å². The predicted molar refractivity (Wildman–Crippen MR) is 105 cm³/mol. The van der Waals surface area contributed by atoms with Crippen LogP contribution in [0.4, 0.5) is 0 Å². The third-order valence-electron chi connectivity index (χ3n) is 4.61. The van der Waals surface area contributed by atoms with E-state index in [1.807, 2.05) is 0 Å². The molecule has 0 aliphatic heterocycles. The molecule has 2 heteroatoms. The summed E-state index contributed by atoms with van der Waals surface area (Å²) in [6.07, 6.45) is 0. The molecule has 0 aliphatic carbocycles. The van der Waals surface area contributed by atoms with E-state index >= 15 is 0 Å². The van der Waals surface area contributed by atoms with E-state index < -0.39 is 10.0 Å². The fraction of sp³-hybridized carbons (Fsp3) is 0.182. The van der Waals surface area contributed by atoms with Crippen molar-refractivity contribution in [2.45, 2.75) is 33.3 Å². The van der Waals surface area contributed by atoms with Crippen LogP contribution in [0.5, 0.6) is 0 Å². The zero-order valence-electron chi connectivity index (χ0n) is 14.4. The highest BCUT2D eigenvalue weighted by Crippen LogP contribution is 2.75. The van der Waals surface area contributed by atoms with E-state index in [0.29, 0.717) is 6.54 Å². The quantitative estimate of drug-likeness (QED) is 0.635. The Hall–Kier alpha value is -2.03. The van der Waals surface area contributed by atoms with Crippen molar-refractivity contribution in [2.24, 2.45) is 5.73 Å². The highest BCUT2D eigenvalue weighted by molar-refractivity contribution is 8.35. The molecule has 0 saturated heterocycles. The second kappa shape index (κ2) is 6.84. The third kappa shape index (κ3) is 2.66. The first-order valence-electron chi connectivity index (χ1n) is 8.31. The van der Waals surface area contributed by atoms with Crippen LogP contribution >= 0.6 is 10.0 Å². The summed E-state index contributed by atoms with van der Waals surface area (Å²) >= 11 is 0. The SMILES string of the molecule is CC(C)(CN)S(c1ccccc1)(c1ccccc1)c1ccccc1. The molecule has 0 amide bonds. The van der Waals surface area contributed by atoms with Crippen molar-refractivity contribution < 1.29 is 0 Å². The summed E-state index contributed by atoms with van der Waals surface area (Å²) in [4.78, 5) is 4.08. The van der Waals surface area contributed by atoms with Gasteiger partial charge in [-0.1, -0.05) is 54.6 Å². The minimum Gasteiger partial charge on any atom is -0.329 e. The Morgan fingerprint density at radius 1 is 0.625 bits per heavy atom. The summed E-state index contributed by atoms with van der Waals surface area (Å²) in [5.74, 6) is 0. The van der Waals surface area contributed by atoms with E-state index in [0.717, 1.165) is 0 Å². The molecule has 1 nitrogen and oxygen atoms in total. The Morgan fingerprint density at radius 3 is 1.17 bits per heavy atom. The van der Waals surface area contributed by atoms with Gasteiger partial charge in [-0.25, -0.2) is 0 Å². The van der Waals surface area contributed by atoms with Crippen molar-refractivity contribution in [3.05, 3.63) is 91.0 Å². The Kier molecular flexibility index (Phi) is 4.79. The monoisotopic (exact) mass is 335 g/mol. The van der Waals surface area contributed by atoms with Gasteiger partial charge >= 0.3 is 0 Å². The van der Waals surface area contributed by atoms with Crippen LogP contribution in [0.2, 0.25) is 0 Å². The maximum absolute atomic E-state index is 6.33. The molecule has 0 radical (unpaired) electrons. The third-order valence-corrected chi connectivity index (χ3v) is 9.37. The van der Waals surface area contributed by atoms with Gasteiger partial charge in [0.25, 0.3) is 0 Å². The van der Waals surface area contributed by atoms with Crippen molar-refractivity contribution in [3.8, 4) is 0 Å². The smallest absolute Gasteiger partial charge is 0.0186 e. The predicted octanol–water partition coefficient (Wildman–Crippen LogP) is 5.71. The molecule has 0 saturated carbocycles. The first kappa shape index (κ1) is 16.8. The molecule has 0 spiro atoms. The van der Waals surface area contributed by atoms with Gasteiger partial charge in [-0.15, -0.1) is 0 Å². The molecule has 124 valence electrons. The first-order valence-corrected chi connectivity index (χ1v) is 9.94. The van der Waals surface area contributed by atoms with E-state index in [-0.39, 0.29) is 4.75 Å². The van der Waals surface area contributed by atoms with Crippen LogP contribution in [0.3, 0.4) is 0 Å². The highest BCUT2D eigenvalue weighted by Gasteiger charge is 2.43. The van der Waals surface area contributed by atoms with Crippen LogP contribution in [0.1, 0.15) is 13.8 Å². The summed E-state index contributed by atoms with van der Waals surface area (Å²) in [6, 6.07) is 32.6. The van der Waals surface area contributed by atoms with Crippen molar-refractivity contribution in [3.63, 3.8) is 0 Å². The summed E-state index contributed by atoms with van der Waals surface area (Å²) in [7, 11) is -1.49. The fourth-order valence-electron chi connectivity index (χ4n) is 3.36.